The van der Waals surface area contributed by atoms with Crippen LogP contribution >= 0.6 is 0 Å². The number of nitrogens with zero attached hydrogens (tertiary/aromatic N) is 2. The lowest BCUT2D eigenvalue weighted by atomic mass is 9.95. The maximum absolute atomic E-state index is 5.80. The van der Waals surface area contributed by atoms with Crippen LogP contribution in [0.25, 0.3) is 0 Å². The van der Waals surface area contributed by atoms with Gasteiger partial charge in [-0.1, -0.05) is 25.9 Å². The van der Waals surface area contributed by atoms with E-state index in [1.165, 1.54) is 0 Å². The van der Waals surface area contributed by atoms with Gasteiger partial charge in [0.2, 0.25) is 0 Å². The normalized spacial score (nSPS) is 13.3. The first kappa shape index (κ1) is 10.8. The van der Waals surface area contributed by atoms with Crippen LogP contribution < -0.4 is 5.73 Å². The number of rotatable bonds is 2. The maximum atomic E-state index is 5.80. The molecule has 78 valence electrons. The fraction of sp³-hybridized carbons (Fsp3) is 0.600. The molecule has 2 N–H and O–H groups in total. The van der Waals surface area contributed by atoms with Crippen LogP contribution in [0.5, 0.6) is 0 Å². The molecule has 0 spiro atoms. The molecule has 0 atom stereocenters. The van der Waals surface area contributed by atoms with Gasteiger partial charge in [-0.3, -0.25) is 4.99 Å². The Labute approximate surface area is 84.2 Å². The van der Waals surface area contributed by atoms with Crippen LogP contribution in [0.1, 0.15) is 32.2 Å². The zero-order chi connectivity index (χ0) is 10.8. The molecule has 1 aromatic rings. The minimum absolute atomic E-state index is 0.0845. The van der Waals surface area contributed by atoms with E-state index >= 15 is 0 Å². The van der Waals surface area contributed by atoms with Gasteiger partial charge in [0.1, 0.15) is 11.5 Å². The molecule has 0 amide bonds. The van der Waals surface area contributed by atoms with Crippen LogP contribution in [0.15, 0.2) is 15.6 Å². The predicted octanol–water partition coefficient (Wildman–Crippen LogP) is 1.89. The van der Waals surface area contributed by atoms with Crippen molar-refractivity contribution in [3.05, 3.63) is 17.5 Å². The Morgan fingerprint density at radius 1 is 1.57 bits per heavy atom. The Hall–Kier alpha value is -1.32. The zero-order valence-corrected chi connectivity index (χ0v) is 9.16. The van der Waals surface area contributed by atoms with Crippen molar-refractivity contribution < 1.29 is 4.52 Å². The Morgan fingerprint density at radius 2 is 2.21 bits per heavy atom. The number of nitrogens with two attached hydrogens (primary N) is 1. The number of aliphatic imine (C=N–C) groups is 1. The Bertz CT molecular complexity index is 333. The van der Waals surface area contributed by atoms with Crippen molar-refractivity contribution in [3.63, 3.8) is 0 Å². The second kappa shape index (κ2) is 3.82. The molecular formula is C10H17N3O. The van der Waals surface area contributed by atoms with Crippen molar-refractivity contribution in [2.45, 2.75) is 34.2 Å². The van der Waals surface area contributed by atoms with E-state index in [2.05, 4.69) is 10.1 Å². The molecule has 0 aliphatic carbocycles. The maximum Gasteiger partial charge on any atom is 0.133 e. The second-order valence-electron chi connectivity index (χ2n) is 4.38. The average molecular weight is 195 g/mol. The number of amidine groups is 1. The molecule has 0 aliphatic rings. The highest BCUT2D eigenvalue weighted by Crippen LogP contribution is 2.13. The van der Waals surface area contributed by atoms with Crippen molar-refractivity contribution >= 4 is 5.84 Å². The minimum Gasteiger partial charge on any atom is -0.387 e. The molecule has 0 saturated carbocycles. The van der Waals surface area contributed by atoms with Crippen molar-refractivity contribution in [3.8, 4) is 0 Å². The molecular weight excluding hydrogens is 178 g/mol. The van der Waals surface area contributed by atoms with Crippen molar-refractivity contribution in [1.29, 1.82) is 0 Å². The number of aromatic nitrogens is 1. The molecule has 0 radical (unpaired) electrons. The lowest BCUT2D eigenvalue weighted by Gasteiger charge is -2.16. The fourth-order valence-electron chi connectivity index (χ4n) is 0.896. The molecule has 1 rings (SSSR count). The average Bonchev–Trinajstić information content (AvgIpc) is 2.45. The predicted molar refractivity (Wildman–Crippen MR) is 56.0 cm³/mol. The van der Waals surface area contributed by atoms with Crippen molar-refractivity contribution in [1.82, 2.24) is 5.16 Å². The van der Waals surface area contributed by atoms with Gasteiger partial charge in [0.25, 0.3) is 0 Å². The summed E-state index contributed by atoms with van der Waals surface area (Å²) < 4.78 is 4.92. The zero-order valence-electron chi connectivity index (χ0n) is 9.16. The summed E-state index contributed by atoms with van der Waals surface area (Å²) in [5.41, 5.74) is 6.53. The summed E-state index contributed by atoms with van der Waals surface area (Å²) in [6.45, 7) is 8.42. The third-order valence-electron chi connectivity index (χ3n) is 1.86. The van der Waals surface area contributed by atoms with Gasteiger partial charge in [-0.05, 0) is 6.92 Å². The van der Waals surface area contributed by atoms with E-state index in [4.69, 9.17) is 10.3 Å². The van der Waals surface area contributed by atoms with E-state index in [-0.39, 0.29) is 5.41 Å². The van der Waals surface area contributed by atoms with Crippen LogP contribution in [-0.4, -0.2) is 11.0 Å². The van der Waals surface area contributed by atoms with Gasteiger partial charge in [-0.25, -0.2) is 0 Å². The summed E-state index contributed by atoms with van der Waals surface area (Å²) in [5.74, 6) is 1.43. The van der Waals surface area contributed by atoms with Crippen molar-refractivity contribution in [2.24, 2.45) is 16.1 Å². The Balaban J connectivity index is 2.64. The summed E-state index contributed by atoms with van der Waals surface area (Å²) in [6, 6.07) is 1.86. The first-order chi connectivity index (χ1) is 6.39. The van der Waals surface area contributed by atoms with E-state index < -0.39 is 0 Å². The molecule has 0 unspecified atom stereocenters. The lowest BCUT2D eigenvalue weighted by Crippen LogP contribution is -2.29. The smallest absolute Gasteiger partial charge is 0.133 e. The SMILES string of the molecule is Cc1cc(CN=C(N)C(C)(C)C)no1. The first-order valence-corrected chi connectivity index (χ1v) is 4.62. The molecule has 14 heavy (non-hydrogen) atoms. The van der Waals surface area contributed by atoms with Gasteiger partial charge in [0, 0.05) is 11.5 Å². The summed E-state index contributed by atoms with van der Waals surface area (Å²) >= 11 is 0. The van der Waals surface area contributed by atoms with Gasteiger partial charge >= 0.3 is 0 Å². The fourth-order valence-corrected chi connectivity index (χ4v) is 0.896. The monoisotopic (exact) mass is 195 g/mol. The molecule has 1 aromatic heterocycles. The van der Waals surface area contributed by atoms with Gasteiger partial charge in [0.05, 0.1) is 12.4 Å². The van der Waals surface area contributed by atoms with Crippen LogP contribution in [0, 0.1) is 12.3 Å². The molecule has 0 fully saturated rings. The summed E-state index contributed by atoms with van der Waals surface area (Å²) in [4.78, 5) is 4.25. The summed E-state index contributed by atoms with van der Waals surface area (Å²) in [7, 11) is 0. The number of aryl methyl sites for hydroxylation is 1. The molecule has 0 aromatic carbocycles. The van der Waals surface area contributed by atoms with E-state index in [0.29, 0.717) is 12.4 Å². The lowest BCUT2D eigenvalue weighted by molar-refractivity contribution is 0.390. The van der Waals surface area contributed by atoms with E-state index in [1.807, 2.05) is 33.8 Å². The van der Waals surface area contributed by atoms with Gasteiger partial charge < -0.3 is 10.3 Å². The Kier molecular flexibility index (Phi) is 2.93. The topological polar surface area (TPSA) is 64.4 Å². The van der Waals surface area contributed by atoms with Crippen LogP contribution in [0.3, 0.4) is 0 Å². The molecule has 4 heteroatoms. The summed E-state index contributed by atoms with van der Waals surface area (Å²) in [5, 5.41) is 3.83. The van der Waals surface area contributed by atoms with Gasteiger partial charge in [-0.15, -0.1) is 0 Å². The number of hydrogen-bond donors (Lipinski definition) is 1. The highest BCUT2D eigenvalue weighted by molar-refractivity contribution is 5.85. The van der Waals surface area contributed by atoms with Crippen LogP contribution in [0.4, 0.5) is 0 Å². The van der Waals surface area contributed by atoms with E-state index in [1.54, 1.807) is 0 Å². The third-order valence-corrected chi connectivity index (χ3v) is 1.86. The van der Waals surface area contributed by atoms with E-state index in [9.17, 15) is 0 Å². The number of hydrogen-bond acceptors (Lipinski definition) is 3. The molecule has 0 bridgehead atoms. The standard InChI is InChI=1S/C10H17N3O/c1-7-5-8(13-14-7)6-12-9(11)10(2,3)4/h5H,6H2,1-4H3,(H2,11,12). The second-order valence-corrected chi connectivity index (χ2v) is 4.38. The Morgan fingerprint density at radius 3 is 2.64 bits per heavy atom. The molecule has 4 nitrogen and oxygen atoms in total. The highest BCUT2D eigenvalue weighted by atomic mass is 16.5. The minimum atomic E-state index is -0.0845. The van der Waals surface area contributed by atoms with Gasteiger partial charge in [0.15, 0.2) is 0 Å². The van der Waals surface area contributed by atoms with E-state index in [0.717, 1.165) is 11.5 Å². The first-order valence-electron chi connectivity index (χ1n) is 4.62. The third kappa shape index (κ3) is 2.87. The van der Waals surface area contributed by atoms with Crippen LogP contribution in [-0.2, 0) is 6.54 Å². The van der Waals surface area contributed by atoms with Crippen LogP contribution in [0.2, 0.25) is 0 Å². The van der Waals surface area contributed by atoms with Gasteiger partial charge in [-0.2, -0.15) is 0 Å². The molecule has 1 heterocycles. The largest absolute Gasteiger partial charge is 0.387 e. The summed E-state index contributed by atoms with van der Waals surface area (Å²) in [6.07, 6.45) is 0. The highest BCUT2D eigenvalue weighted by Gasteiger charge is 2.15. The quantitative estimate of drug-likeness (QED) is 0.579. The van der Waals surface area contributed by atoms with Crippen molar-refractivity contribution in [2.75, 3.05) is 0 Å². The molecule has 0 saturated heterocycles. The molecule has 0 aliphatic heterocycles.